The molecule has 0 aliphatic carbocycles. The molecule has 0 radical (unpaired) electrons. The Kier molecular flexibility index (Phi) is 8.66. The molecular weight excluding hydrogens is 532 g/mol. The van der Waals surface area contributed by atoms with E-state index in [1.54, 1.807) is 29.0 Å². The lowest BCUT2D eigenvalue weighted by molar-refractivity contribution is -0.137. The Morgan fingerprint density at radius 2 is 1.67 bits per heavy atom. The molecule has 1 aliphatic rings. The van der Waals surface area contributed by atoms with Gasteiger partial charge in [0.2, 0.25) is 0 Å². The van der Waals surface area contributed by atoms with Gasteiger partial charge in [-0.2, -0.15) is 13.2 Å². The Balaban J connectivity index is 1.29. The van der Waals surface area contributed by atoms with E-state index in [1.165, 1.54) is 0 Å². The summed E-state index contributed by atoms with van der Waals surface area (Å²) in [6.07, 6.45) is -3.71. The standard InChI is InChI=1S/C25H23Cl2F3N4OS/c26-10-9-17-1-3-18(4-2-17)24(35)31-20-5-7-21(8-6-20)36-34-13-11-33(12-14-34)23-16-19(25(28,29)30)15-22(27)32-23/h1-8,15-16H,9-14H2,(H,31,35). The van der Waals surface area contributed by atoms with Gasteiger partial charge >= 0.3 is 6.18 Å². The van der Waals surface area contributed by atoms with Crippen LogP contribution in [0.2, 0.25) is 5.15 Å². The Labute approximate surface area is 221 Å². The predicted molar refractivity (Wildman–Crippen MR) is 139 cm³/mol. The van der Waals surface area contributed by atoms with Crippen molar-refractivity contribution in [1.82, 2.24) is 9.29 Å². The minimum Gasteiger partial charge on any atom is -0.354 e. The second kappa shape index (κ2) is 11.7. The minimum absolute atomic E-state index is 0.174. The highest BCUT2D eigenvalue weighted by Crippen LogP contribution is 2.33. The van der Waals surface area contributed by atoms with Crippen molar-refractivity contribution in [2.45, 2.75) is 17.5 Å². The number of nitrogens with one attached hydrogen (secondary N) is 1. The number of hydrogen-bond acceptors (Lipinski definition) is 5. The molecule has 0 spiro atoms. The smallest absolute Gasteiger partial charge is 0.354 e. The van der Waals surface area contributed by atoms with Gasteiger partial charge in [-0.25, -0.2) is 9.29 Å². The lowest BCUT2D eigenvalue weighted by Gasteiger charge is -2.34. The summed E-state index contributed by atoms with van der Waals surface area (Å²) < 4.78 is 41.4. The number of amides is 1. The van der Waals surface area contributed by atoms with Crippen LogP contribution in [0.3, 0.4) is 0 Å². The maximum absolute atomic E-state index is 13.1. The second-order valence-electron chi connectivity index (χ2n) is 8.16. The molecular formula is C25H23Cl2F3N4OS. The fourth-order valence-electron chi connectivity index (χ4n) is 3.70. The first kappa shape index (κ1) is 26.6. The molecule has 11 heteroatoms. The average molecular weight is 555 g/mol. The van der Waals surface area contributed by atoms with E-state index in [2.05, 4.69) is 14.6 Å². The lowest BCUT2D eigenvalue weighted by Crippen LogP contribution is -2.43. The number of aryl methyl sites for hydroxylation is 1. The Morgan fingerprint density at radius 3 is 2.28 bits per heavy atom. The lowest BCUT2D eigenvalue weighted by atomic mass is 10.1. The summed E-state index contributed by atoms with van der Waals surface area (Å²) >= 11 is 13.1. The van der Waals surface area contributed by atoms with Gasteiger partial charge in [-0.05, 0) is 72.5 Å². The molecule has 1 fully saturated rings. The van der Waals surface area contributed by atoms with Crippen LogP contribution in [0.4, 0.5) is 24.7 Å². The first-order valence-electron chi connectivity index (χ1n) is 11.2. The van der Waals surface area contributed by atoms with Gasteiger partial charge in [-0.1, -0.05) is 23.7 Å². The zero-order chi connectivity index (χ0) is 25.7. The minimum atomic E-state index is -4.47. The van der Waals surface area contributed by atoms with Crippen LogP contribution >= 0.6 is 35.1 Å². The quantitative estimate of drug-likeness (QED) is 0.202. The van der Waals surface area contributed by atoms with Crippen LogP contribution in [0.1, 0.15) is 21.5 Å². The summed E-state index contributed by atoms with van der Waals surface area (Å²) in [5, 5.41) is 2.72. The van der Waals surface area contributed by atoms with E-state index < -0.39 is 11.7 Å². The number of anilines is 2. The molecule has 0 bridgehead atoms. The zero-order valence-electron chi connectivity index (χ0n) is 19.1. The number of nitrogens with zero attached hydrogens (tertiary/aromatic N) is 3. The van der Waals surface area contributed by atoms with E-state index in [0.717, 1.165) is 29.0 Å². The van der Waals surface area contributed by atoms with Crippen LogP contribution in [0.15, 0.2) is 65.6 Å². The van der Waals surface area contributed by atoms with Crippen molar-refractivity contribution < 1.29 is 18.0 Å². The van der Waals surface area contributed by atoms with Gasteiger partial charge in [-0.3, -0.25) is 4.79 Å². The van der Waals surface area contributed by atoms with Crippen LogP contribution in [0.25, 0.3) is 0 Å². The zero-order valence-corrected chi connectivity index (χ0v) is 21.4. The molecule has 0 saturated carbocycles. The van der Waals surface area contributed by atoms with E-state index >= 15 is 0 Å². The highest BCUT2D eigenvalue weighted by Gasteiger charge is 2.32. The molecule has 3 aromatic rings. The molecule has 1 amide bonds. The number of carbonyl (C=O) groups is 1. The number of piperazine rings is 1. The van der Waals surface area contributed by atoms with Crippen LogP contribution in [0, 0.1) is 0 Å². The third kappa shape index (κ3) is 7.06. The molecule has 0 atom stereocenters. The highest BCUT2D eigenvalue weighted by molar-refractivity contribution is 7.97. The number of rotatable bonds is 7. The number of benzene rings is 2. The number of carbonyl (C=O) groups excluding carboxylic acids is 1. The van der Waals surface area contributed by atoms with Gasteiger partial charge in [0.25, 0.3) is 5.91 Å². The predicted octanol–water partition coefficient (Wildman–Crippen LogP) is 6.62. The van der Waals surface area contributed by atoms with Crippen LogP contribution in [-0.4, -0.2) is 47.3 Å². The first-order chi connectivity index (χ1) is 17.2. The fourth-order valence-corrected chi connectivity index (χ4v) is 5.02. The summed E-state index contributed by atoms with van der Waals surface area (Å²) in [5.41, 5.74) is 1.54. The van der Waals surface area contributed by atoms with Crippen LogP contribution < -0.4 is 10.2 Å². The number of pyridine rings is 1. The molecule has 1 aromatic heterocycles. The number of hydrogen-bond donors (Lipinski definition) is 1. The van der Waals surface area contributed by atoms with Crippen molar-refractivity contribution >= 4 is 52.6 Å². The van der Waals surface area contributed by atoms with Gasteiger partial charge < -0.3 is 10.2 Å². The maximum Gasteiger partial charge on any atom is 0.416 e. The molecule has 2 aromatic carbocycles. The van der Waals surface area contributed by atoms with Gasteiger partial charge in [0.1, 0.15) is 11.0 Å². The van der Waals surface area contributed by atoms with Crippen molar-refractivity contribution in [3.05, 3.63) is 82.5 Å². The van der Waals surface area contributed by atoms with Gasteiger partial charge in [0, 0.05) is 48.2 Å². The van der Waals surface area contributed by atoms with E-state index in [1.807, 2.05) is 36.4 Å². The van der Waals surface area contributed by atoms with Gasteiger partial charge in [0.05, 0.1) is 5.56 Å². The monoisotopic (exact) mass is 554 g/mol. The van der Waals surface area contributed by atoms with E-state index in [4.69, 9.17) is 23.2 Å². The van der Waals surface area contributed by atoms with Crippen molar-refractivity contribution in [2.75, 3.05) is 42.3 Å². The van der Waals surface area contributed by atoms with Crippen LogP contribution in [-0.2, 0) is 12.6 Å². The average Bonchev–Trinajstić information content (AvgIpc) is 2.85. The van der Waals surface area contributed by atoms with Crippen molar-refractivity contribution in [3.63, 3.8) is 0 Å². The summed E-state index contributed by atoms with van der Waals surface area (Å²) in [5.74, 6) is 0.577. The third-order valence-corrected chi connectivity index (χ3v) is 7.11. The maximum atomic E-state index is 13.1. The molecule has 36 heavy (non-hydrogen) atoms. The number of aromatic nitrogens is 1. The third-order valence-electron chi connectivity index (χ3n) is 5.62. The molecule has 2 heterocycles. The molecule has 0 unspecified atom stereocenters. The van der Waals surface area contributed by atoms with Crippen LogP contribution in [0.5, 0.6) is 0 Å². The second-order valence-corrected chi connectivity index (χ2v) is 10.1. The highest BCUT2D eigenvalue weighted by atomic mass is 35.5. The number of halogens is 5. The van der Waals surface area contributed by atoms with E-state index in [0.29, 0.717) is 43.3 Å². The Morgan fingerprint density at radius 1 is 1.00 bits per heavy atom. The SMILES string of the molecule is O=C(Nc1ccc(SN2CCN(c3cc(C(F)(F)F)cc(Cl)n3)CC2)cc1)c1ccc(CCCl)cc1. The first-order valence-corrected chi connectivity index (χ1v) is 12.9. The van der Waals surface area contributed by atoms with Gasteiger partial charge in [0.15, 0.2) is 0 Å². The Hall–Kier alpha value is -2.46. The fraction of sp³-hybridized carbons (Fsp3) is 0.280. The molecule has 190 valence electrons. The molecule has 4 rings (SSSR count). The molecule has 5 nitrogen and oxygen atoms in total. The molecule has 1 N–H and O–H groups in total. The summed E-state index contributed by atoms with van der Waals surface area (Å²) in [7, 11) is 0. The number of alkyl halides is 4. The summed E-state index contributed by atoms with van der Waals surface area (Å²) in [6.45, 7) is 2.32. The summed E-state index contributed by atoms with van der Waals surface area (Å²) in [4.78, 5) is 19.4. The molecule has 1 aliphatic heterocycles. The molecule has 1 saturated heterocycles. The van der Waals surface area contributed by atoms with Crippen molar-refractivity contribution in [1.29, 1.82) is 0 Å². The van der Waals surface area contributed by atoms with Crippen molar-refractivity contribution in [3.8, 4) is 0 Å². The summed E-state index contributed by atoms with van der Waals surface area (Å²) in [6, 6.07) is 16.8. The normalized spacial score (nSPS) is 14.6. The Bertz CT molecular complexity index is 1190. The van der Waals surface area contributed by atoms with Gasteiger partial charge in [-0.15, -0.1) is 11.6 Å². The largest absolute Gasteiger partial charge is 0.416 e. The van der Waals surface area contributed by atoms with E-state index in [9.17, 15) is 18.0 Å². The van der Waals surface area contributed by atoms with E-state index in [-0.39, 0.29) is 16.9 Å². The van der Waals surface area contributed by atoms with Crippen molar-refractivity contribution in [2.24, 2.45) is 0 Å². The topological polar surface area (TPSA) is 48.5 Å².